The highest BCUT2D eigenvalue weighted by molar-refractivity contribution is 6.07. The zero-order valence-corrected chi connectivity index (χ0v) is 15.4. The molecule has 140 valence electrons. The maximum atomic E-state index is 12.5. The van der Waals surface area contributed by atoms with Gasteiger partial charge in [0.25, 0.3) is 5.91 Å². The van der Waals surface area contributed by atoms with Gasteiger partial charge in [0.05, 0.1) is 17.4 Å². The first-order valence-corrected chi connectivity index (χ1v) is 9.16. The molecule has 2 amide bonds. The third-order valence-electron chi connectivity index (χ3n) is 4.45. The van der Waals surface area contributed by atoms with Crippen LogP contribution in [0.2, 0.25) is 0 Å². The van der Waals surface area contributed by atoms with Gasteiger partial charge in [-0.3, -0.25) is 9.59 Å². The number of hydrogen-bond acceptors (Lipinski definition) is 3. The first-order valence-electron chi connectivity index (χ1n) is 9.16. The first kappa shape index (κ1) is 18.9. The minimum atomic E-state index is -0.282. The molecule has 0 radical (unpaired) electrons. The maximum absolute atomic E-state index is 12.5. The van der Waals surface area contributed by atoms with Crippen molar-refractivity contribution >= 4 is 23.6 Å². The highest BCUT2D eigenvalue weighted by Gasteiger charge is 2.18. The smallest absolute Gasteiger partial charge is 0.253 e. The van der Waals surface area contributed by atoms with Gasteiger partial charge in [0.15, 0.2) is 0 Å². The minimum Gasteiger partial charge on any atom is -0.376 e. The molecule has 0 bridgehead atoms. The number of nitrogens with one attached hydrogen (secondary N) is 2. The molecule has 1 fully saturated rings. The topological polar surface area (TPSA) is 67.4 Å². The van der Waals surface area contributed by atoms with Gasteiger partial charge in [-0.2, -0.15) is 0 Å². The van der Waals surface area contributed by atoms with Gasteiger partial charge >= 0.3 is 0 Å². The van der Waals surface area contributed by atoms with E-state index in [4.69, 9.17) is 4.74 Å². The molecule has 27 heavy (non-hydrogen) atoms. The molecule has 0 aliphatic carbocycles. The molecule has 1 atom stereocenters. The van der Waals surface area contributed by atoms with E-state index in [1.807, 2.05) is 31.2 Å². The van der Waals surface area contributed by atoms with Crippen LogP contribution >= 0.6 is 0 Å². The fraction of sp³-hybridized carbons (Fsp3) is 0.273. The first-order chi connectivity index (χ1) is 13.1. The SMILES string of the molecule is Cc1ccc(/C=C/C(=O)Nc2ccccc2C(=O)NCC2CCCO2)cc1. The van der Waals surface area contributed by atoms with Gasteiger partial charge in [-0.05, 0) is 43.5 Å². The fourth-order valence-corrected chi connectivity index (χ4v) is 2.92. The molecule has 1 unspecified atom stereocenters. The van der Waals surface area contributed by atoms with Gasteiger partial charge in [0.1, 0.15) is 0 Å². The third-order valence-corrected chi connectivity index (χ3v) is 4.45. The summed E-state index contributed by atoms with van der Waals surface area (Å²) in [6.07, 6.45) is 5.27. The molecule has 5 nitrogen and oxygen atoms in total. The van der Waals surface area contributed by atoms with Crippen molar-refractivity contribution in [2.75, 3.05) is 18.5 Å². The summed E-state index contributed by atoms with van der Waals surface area (Å²) in [5.41, 5.74) is 3.03. The number of para-hydroxylation sites is 1. The Kier molecular flexibility index (Phi) is 6.39. The van der Waals surface area contributed by atoms with Gasteiger partial charge in [0, 0.05) is 19.2 Å². The van der Waals surface area contributed by atoms with Crippen LogP contribution in [0.15, 0.2) is 54.6 Å². The number of benzene rings is 2. The van der Waals surface area contributed by atoms with Gasteiger partial charge in [-0.25, -0.2) is 0 Å². The van der Waals surface area contributed by atoms with Gasteiger partial charge in [-0.15, -0.1) is 0 Å². The second-order valence-electron chi connectivity index (χ2n) is 6.62. The molecule has 0 spiro atoms. The van der Waals surface area contributed by atoms with E-state index >= 15 is 0 Å². The summed E-state index contributed by atoms with van der Waals surface area (Å²) in [6.45, 7) is 3.25. The summed E-state index contributed by atoms with van der Waals surface area (Å²) >= 11 is 0. The molecule has 0 aromatic heterocycles. The molecule has 5 heteroatoms. The predicted molar refractivity (Wildman–Crippen MR) is 107 cm³/mol. The van der Waals surface area contributed by atoms with Gasteiger partial charge in [0.2, 0.25) is 5.91 Å². The molecule has 3 rings (SSSR count). The number of hydrogen-bond donors (Lipinski definition) is 2. The molecular formula is C22H24N2O3. The summed E-state index contributed by atoms with van der Waals surface area (Å²) < 4.78 is 5.52. The average molecular weight is 364 g/mol. The monoisotopic (exact) mass is 364 g/mol. The summed E-state index contributed by atoms with van der Waals surface area (Å²) in [5, 5.41) is 5.67. The maximum Gasteiger partial charge on any atom is 0.253 e. The van der Waals surface area contributed by atoms with E-state index in [2.05, 4.69) is 10.6 Å². The molecule has 1 aliphatic rings. The molecule has 0 saturated carbocycles. The average Bonchev–Trinajstić information content (AvgIpc) is 3.20. The normalized spacial score (nSPS) is 16.4. The largest absolute Gasteiger partial charge is 0.376 e. The lowest BCUT2D eigenvalue weighted by Gasteiger charge is -2.13. The Balaban J connectivity index is 1.61. The van der Waals surface area contributed by atoms with Crippen molar-refractivity contribution < 1.29 is 14.3 Å². The van der Waals surface area contributed by atoms with Crippen LogP contribution < -0.4 is 10.6 Å². The lowest BCUT2D eigenvalue weighted by atomic mass is 10.1. The lowest BCUT2D eigenvalue weighted by Crippen LogP contribution is -2.32. The van der Waals surface area contributed by atoms with E-state index < -0.39 is 0 Å². The number of aryl methyl sites for hydroxylation is 1. The van der Waals surface area contributed by atoms with Crippen LogP contribution in [-0.4, -0.2) is 31.1 Å². The summed E-state index contributed by atoms with van der Waals surface area (Å²) in [5.74, 6) is -0.501. The molecule has 1 heterocycles. The number of carbonyl (C=O) groups is 2. The second-order valence-corrected chi connectivity index (χ2v) is 6.62. The van der Waals surface area contributed by atoms with Crippen molar-refractivity contribution in [2.24, 2.45) is 0 Å². The lowest BCUT2D eigenvalue weighted by molar-refractivity contribution is -0.111. The molecule has 2 N–H and O–H groups in total. The molecule has 2 aromatic carbocycles. The number of anilines is 1. The molecular weight excluding hydrogens is 340 g/mol. The van der Waals surface area contributed by atoms with Crippen molar-refractivity contribution in [3.05, 3.63) is 71.3 Å². The fourth-order valence-electron chi connectivity index (χ4n) is 2.92. The van der Waals surface area contributed by atoms with E-state index in [-0.39, 0.29) is 17.9 Å². The minimum absolute atomic E-state index is 0.0770. The number of ether oxygens (including phenoxy) is 1. The number of carbonyl (C=O) groups excluding carboxylic acids is 2. The highest BCUT2D eigenvalue weighted by Crippen LogP contribution is 2.16. The highest BCUT2D eigenvalue weighted by atomic mass is 16.5. The van der Waals surface area contributed by atoms with Gasteiger partial charge in [-0.1, -0.05) is 42.0 Å². The quantitative estimate of drug-likeness (QED) is 0.770. The summed E-state index contributed by atoms with van der Waals surface area (Å²) in [6, 6.07) is 14.9. The third kappa shape index (κ3) is 5.53. The van der Waals surface area contributed by atoms with E-state index in [0.29, 0.717) is 17.8 Å². The standard InChI is InChI=1S/C22H24N2O3/c1-16-8-10-17(11-9-16)12-13-21(25)24-20-7-3-2-6-19(20)22(26)23-15-18-5-4-14-27-18/h2-3,6-13,18H,4-5,14-15H2,1H3,(H,23,26)(H,24,25)/b13-12+. The Hall–Kier alpha value is -2.92. The van der Waals surface area contributed by atoms with Crippen molar-refractivity contribution in [1.29, 1.82) is 0 Å². The molecule has 1 saturated heterocycles. The Labute approximate surface area is 159 Å². The zero-order chi connectivity index (χ0) is 19.1. The van der Waals surface area contributed by atoms with Crippen LogP contribution in [0.1, 0.15) is 34.3 Å². The van der Waals surface area contributed by atoms with Crippen LogP contribution in [0.25, 0.3) is 6.08 Å². The van der Waals surface area contributed by atoms with Crippen molar-refractivity contribution in [3.8, 4) is 0 Å². The zero-order valence-electron chi connectivity index (χ0n) is 15.4. The van der Waals surface area contributed by atoms with E-state index in [9.17, 15) is 9.59 Å². The molecule has 1 aliphatic heterocycles. The van der Waals surface area contributed by atoms with Crippen LogP contribution in [0.4, 0.5) is 5.69 Å². The van der Waals surface area contributed by atoms with Crippen LogP contribution in [0.3, 0.4) is 0 Å². The second kappa shape index (κ2) is 9.14. The van der Waals surface area contributed by atoms with Crippen LogP contribution in [0.5, 0.6) is 0 Å². The number of rotatable bonds is 6. The summed E-state index contributed by atoms with van der Waals surface area (Å²) in [7, 11) is 0. The Morgan fingerprint density at radius 3 is 2.67 bits per heavy atom. The van der Waals surface area contributed by atoms with E-state index in [1.165, 1.54) is 11.6 Å². The van der Waals surface area contributed by atoms with Crippen LogP contribution in [0, 0.1) is 6.92 Å². The van der Waals surface area contributed by atoms with E-state index in [0.717, 1.165) is 25.0 Å². The Bertz CT molecular complexity index is 822. The van der Waals surface area contributed by atoms with Crippen molar-refractivity contribution in [1.82, 2.24) is 5.32 Å². The van der Waals surface area contributed by atoms with Gasteiger partial charge < -0.3 is 15.4 Å². The van der Waals surface area contributed by atoms with E-state index in [1.54, 1.807) is 30.3 Å². The van der Waals surface area contributed by atoms with Crippen LogP contribution in [-0.2, 0) is 9.53 Å². The molecule has 2 aromatic rings. The Morgan fingerprint density at radius 1 is 1.15 bits per heavy atom. The van der Waals surface area contributed by atoms with Crippen molar-refractivity contribution in [3.63, 3.8) is 0 Å². The van der Waals surface area contributed by atoms with Crippen molar-refractivity contribution in [2.45, 2.75) is 25.9 Å². The number of amides is 2. The summed E-state index contributed by atoms with van der Waals surface area (Å²) in [4.78, 5) is 24.7. The Morgan fingerprint density at radius 2 is 1.93 bits per heavy atom. The predicted octanol–water partition coefficient (Wildman–Crippen LogP) is 3.56.